The van der Waals surface area contributed by atoms with Crippen molar-refractivity contribution in [2.45, 2.75) is 25.3 Å². The quantitative estimate of drug-likeness (QED) is 0.401. The van der Waals surface area contributed by atoms with Gasteiger partial charge in [0.25, 0.3) is 10.0 Å². The van der Waals surface area contributed by atoms with Gasteiger partial charge in [0.05, 0.1) is 10.6 Å². The topological polar surface area (TPSA) is 84.3 Å². The van der Waals surface area contributed by atoms with Crippen molar-refractivity contribution < 1.29 is 17.6 Å². The summed E-state index contributed by atoms with van der Waals surface area (Å²) in [5.74, 6) is -0.145. The second-order valence-corrected chi connectivity index (χ2v) is 9.95. The first kappa shape index (κ1) is 24.2. The average molecular weight is 493 g/mol. The number of carbonyl (C=O) groups excluding carboxylic acids is 1. The lowest BCUT2D eigenvalue weighted by molar-refractivity contribution is -0.119. The molecular formula is C26H25FN4O3S. The fourth-order valence-corrected chi connectivity index (χ4v) is 4.99. The van der Waals surface area contributed by atoms with Gasteiger partial charge >= 0.3 is 0 Å². The van der Waals surface area contributed by atoms with Crippen molar-refractivity contribution in [1.29, 1.82) is 0 Å². The van der Waals surface area contributed by atoms with Crippen LogP contribution < -0.4 is 9.62 Å². The molecule has 3 aromatic carbocycles. The van der Waals surface area contributed by atoms with Crippen LogP contribution in [-0.2, 0) is 21.4 Å². The van der Waals surface area contributed by atoms with Crippen molar-refractivity contribution in [3.05, 3.63) is 108 Å². The standard InChI is InChI=1S/C26H25FN4O3S/c1-19-3-9-24(10-4-19)31(35(33,34)25-13-7-22(27)8-14-25)18-26(32)29-17-21-5-11-23(12-6-21)30-16-15-28-20(30)2/h3-16H,17-18H2,1-2H3,(H,29,32). The van der Waals surface area contributed by atoms with Gasteiger partial charge in [0.2, 0.25) is 5.91 Å². The molecule has 7 nitrogen and oxygen atoms in total. The predicted molar refractivity (Wildman–Crippen MR) is 132 cm³/mol. The molecule has 1 heterocycles. The van der Waals surface area contributed by atoms with E-state index >= 15 is 0 Å². The van der Waals surface area contributed by atoms with Gasteiger partial charge in [0, 0.05) is 24.6 Å². The van der Waals surface area contributed by atoms with Crippen LogP contribution in [0.3, 0.4) is 0 Å². The largest absolute Gasteiger partial charge is 0.350 e. The highest BCUT2D eigenvalue weighted by molar-refractivity contribution is 7.92. The number of carbonyl (C=O) groups is 1. The van der Waals surface area contributed by atoms with E-state index in [1.165, 1.54) is 12.1 Å². The number of aromatic nitrogens is 2. The number of rotatable bonds is 8. The van der Waals surface area contributed by atoms with E-state index in [4.69, 9.17) is 0 Å². The van der Waals surface area contributed by atoms with Crippen molar-refractivity contribution in [3.8, 4) is 5.69 Å². The number of benzene rings is 3. The highest BCUT2D eigenvalue weighted by atomic mass is 32.2. The minimum absolute atomic E-state index is 0.0994. The molecule has 0 atom stereocenters. The molecule has 0 saturated carbocycles. The molecule has 1 N–H and O–H groups in total. The van der Waals surface area contributed by atoms with Gasteiger partial charge < -0.3 is 9.88 Å². The summed E-state index contributed by atoms with van der Waals surface area (Å²) >= 11 is 0. The molecule has 0 bridgehead atoms. The number of anilines is 1. The molecule has 35 heavy (non-hydrogen) atoms. The zero-order valence-electron chi connectivity index (χ0n) is 19.3. The fourth-order valence-electron chi connectivity index (χ4n) is 3.57. The van der Waals surface area contributed by atoms with Crippen LogP contribution in [0.5, 0.6) is 0 Å². The smallest absolute Gasteiger partial charge is 0.264 e. The number of aryl methyl sites for hydroxylation is 2. The van der Waals surface area contributed by atoms with Gasteiger partial charge in [0.15, 0.2) is 0 Å². The average Bonchev–Trinajstić information content (AvgIpc) is 3.28. The Morgan fingerprint density at radius 3 is 2.23 bits per heavy atom. The van der Waals surface area contributed by atoms with Crippen molar-refractivity contribution in [3.63, 3.8) is 0 Å². The summed E-state index contributed by atoms with van der Waals surface area (Å²) in [6.07, 6.45) is 3.59. The molecule has 0 saturated heterocycles. The second kappa shape index (κ2) is 10.1. The Morgan fingerprint density at radius 1 is 0.971 bits per heavy atom. The monoisotopic (exact) mass is 492 g/mol. The lowest BCUT2D eigenvalue weighted by atomic mass is 10.2. The Bertz CT molecular complexity index is 1410. The summed E-state index contributed by atoms with van der Waals surface area (Å²) in [5.41, 5.74) is 3.11. The summed E-state index contributed by atoms with van der Waals surface area (Å²) < 4.78 is 43.0. The minimum atomic E-state index is -4.10. The number of halogens is 1. The number of hydrogen-bond acceptors (Lipinski definition) is 4. The Hall–Kier alpha value is -3.98. The van der Waals surface area contributed by atoms with Gasteiger partial charge in [0.1, 0.15) is 18.2 Å². The molecule has 0 radical (unpaired) electrons. The SMILES string of the molecule is Cc1ccc(N(CC(=O)NCc2ccc(-n3ccnc3C)cc2)S(=O)(=O)c2ccc(F)cc2)cc1. The zero-order chi connectivity index (χ0) is 25.0. The van der Waals surface area contributed by atoms with E-state index in [1.807, 2.05) is 48.9 Å². The van der Waals surface area contributed by atoms with Crippen molar-refractivity contribution in [1.82, 2.24) is 14.9 Å². The Kier molecular flexibility index (Phi) is 6.97. The molecule has 0 aliphatic carbocycles. The maximum atomic E-state index is 13.4. The van der Waals surface area contributed by atoms with Gasteiger partial charge in [-0.2, -0.15) is 0 Å². The number of sulfonamides is 1. The summed E-state index contributed by atoms with van der Waals surface area (Å²) in [6.45, 7) is 3.61. The van der Waals surface area contributed by atoms with Crippen LogP contribution in [0.4, 0.5) is 10.1 Å². The molecule has 0 aliphatic heterocycles. The van der Waals surface area contributed by atoms with Gasteiger partial charge in [-0.3, -0.25) is 9.10 Å². The van der Waals surface area contributed by atoms with E-state index < -0.39 is 28.3 Å². The summed E-state index contributed by atoms with van der Waals surface area (Å²) in [5, 5.41) is 2.78. The Labute approximate surface area is 203 Å². The lowest BCUT2D eigenvalue weighted by Gasteiger charge is -2.24. The third-order valence-electron chi connectivity index (χ3n) is 5.54. The fraction of sp³-hybridized carbons (Fsp3) is 0.154. The highest BCUT2D eigenvalue weighted by Gasteiger charge is 2.27. The van der Waals surface area contributed by atoms with Crippen LogP contribution in [0, 0.1) is 19.7 Å². The second-order valence-electron chi connectivity index (χ2n) is 8.09. The van der Waals surface area contributed by atoms with Crippen LogP contribution in [0.1, 0.15) is 17.0 Å². The van der Waals surface area contributed by atoms with E-state index in [1.54, 1.807) is 30.5 Å². The van der Waals surface area contributed by atoms with Crippen LogP contribution in [0.25, 0.3) is 5.69 Å². The summed E-state index contributed by atoms with van der Waals surface area (Å²) in [7, 11) is -4.10. The van der Waals surface area contributed by atoms with Gasteiger partial charge in [-0.15, -0.1) is 0 Å². The van der Waals surface area contributed by atoms with Crippen LogP contribution in [0.15, 0.2) is 90.1 Å². The molecule has 1 aromatic heterocycles. The first-order valence-corrected chi connectivity index (χ1v) is 12.4. The number of hydrogen-bond donors (Lipinski definition) is 1. The highest BCUT2D eigenvalue weighted by Crippen LogP contribution is 2.24. The molecule has 180 valence electrons. The molecular weight excluding hydrogens is 467 g/mol. The first-order valence-electron chi connectivity index (χ1n) is 10.9. The van der Waals surface area contributed by atoms with E-state index in [-0.39, 0.29) is 11.4 Å². The molecule has 4 aromatic rings. The number of amides is 1. The Morgan fingerprint density at radius 2 is 1.63 bits per heavy atom. The molecule has 4 rings (SSSR count). The van der Waals surface area contributed by atoms with E-state index in [0.29, 0.717) is 5.69 Å². The van der Waals surface area contributed by atoms with Gasteiger partial charge in [-0.1, -0.05) is 29.8 Å². The molecule has 0 unspecified atom stereocenters. The van der Waals surface area contributed by atoms with E-state index in [2.05, 4.69) is 10.3 Å². The minimum Gasteiger partial charge on any atom is -0.350 e. The lowest BCUT2D eigenvalue weighted by Crippen LogP contribution is -2.40. The molecule has 0 fully saturated rings. The van der Waals surface area contributed by atoms with Crippen molar-refractivity contribution in [2.24, 2.45) is 0 Å². The van der Waals surface area contributed by atoms with Gasteiger partial charge in [-0.25, -0.2) is 17.8 Å². The van der Waals surface area contributed by atoms with E-state index in [0.717, 1.165) is 39.1 Å². The number of nitrogens with one attached hydrogen (secondary N) is 1. The third-order valence-corrected chi connectivity index (χ3v) is 7.33. The third kappa shape index (κ3) is 5.58. The van der Waals surface area contributed by atoms with Crippen molar-refractivity contribution in [2.75, 3.05) is 10.8 Å². The maximum Gasteiger partial charge on any atom is 0.264 e. The predicted octanol–water partition coefficient (Wildman–Crippen LogP) is 4.14. The molecule has 0 aliphatic rings. The Balaban J connectivity index is 1.50. The van der Waals surface area contributed by atoms with E-state index in [9.17, 15) is 17.6 Å². The van der Waals surface area contributed by atoms with Crippen molar-refractivity contribution >= 4 is 21.6 Å². The van der Waals surface area contributed by atoms with Crippen LogP contribution in [-0.4, -0.2) is 30.4 Å². The van der Waals surface area contributed by atoms with Crippen LogP contribution in [0.2, 0.25) is 0 Å². The summed E-state index contributed by atoms with van der Waals surface area (Å²) in [4.78, 5) is 16.9. The number of nitrogens with zero attached hydrogens (tertiary/aromatic N) is 3. The normalized spacial score (nSPS) is 11.3. The number of imidazole rings is 1. The maximum absolute atomic E-state index is 13.4. The molecule has 1 amide bonds. The molecule has 9 heteroatoms. The zero-order valence-corrected chi connectivity index (χ0v) is 20.2. The molecule has 0 spiro atoms. The van der Waals surface area contributed by atoms with Gasteiger partial charge in [-0.05, 0) is 67.9 Å². The summed E-state index contributed by atoms with van der Waals surface area (Å²) in [6, 6.07) is 19.0. The van der Waals surface area contributed by atoms with Crippen LogP contribution >= 0.6 is 0 Å². The first-order chi connectivity index (χ1) is 16.7.